The number of nitrogens with zero attached hydrogens (tertiary/aromatic N) is 4. The molecule has 4 aliphatic rings. The minimum atomic E-state index is -5.88. The summed E-state index contributed by atoms with van der Waals surface area (Å²) >= 11 is 0.903. The van der Waals surface area contributed by atoms with Gasteiger partial charge >= 0.3 is 13.3 Å². The quantitative estimate of drug-likeness (QED) is 0.0627. The number of piperazine rings is 1. The highest BCUT2D eigenvalue weighted by atomic mass is 32.1. The third-order valence-corrected chi connectivity index (χ3v) is 15.2. The topological polar surface area (TPSA) is 269 Å². The average molecular weight is 1060 g/mol. The minimum Gasteiger partial charge on any atom is -0.370 e. The molecule has 5 heterocycles. The SMILES string of the molecule is CC(C)(C)C(NC(=O)c1cc2cc(C(F)(F)P(=O)(O)O)ccc2s1)C(=O)N1CCN(C(=O)CC(=O)NCC#Cc2ccc3c(c2)C(=O)N(C2CCC(=O)NC2=O)C3=O)C[C@H]1C(=O)N1CCO[C@H](c2ccccc2)C1. The molecular formula is C50H50F2N7O13PS. The van der Waals surface area contributed by atoms with Gasteiger partial charge in [0.2, 0.25) is 35.4 Å². The third-order valence-electron chi connectivity index (χ3n) is 13.1. The molecule has 4 atom stereocenters. The maximum absolute atomic E-state index is 14.8. The van der Waals surface area contributed by atoms with Gasteiger partial charge in [0.15, 0.2) is 0 Å². The van der Waals surface area contributed by atoms with E-state index >= 15 is 0 Å². The van der Waals surface area contributed by atoms with Crippen molar-refractivity contribution in [2.45, 2.75) is 69.9 Å². The summed E-state index contributed by atoms with van der Waals surface area (Å²) in [6.07, 6.45) is -1.19. The van der Waals surface area contributed by atoms with E-state index in [1.54, 1.807) is 25.7 Å². The molecule has 9 amide bonds. The Kier molecular flexibility index (Phi) is 15.0. The van der Waals surface area contributed by atoms with E-state index in [-0.39, 0.29) is 80.1 Å². The lowest BCUT2D eigenvalue weighted by Gasteiger charge is -2.45. The van der Waals surface area contributed by atoms with Gasteiger partial charge in [-0.25, -0.2) is 0 Å². The number of hydrogen-bond acceptors (Lipinski definition) is 12. The predicted molar refractivity (Wildman–Crippen MR) is 260 cm³/mol. The molecule has 0 saturated carbocycles. The van der Waals surface area contributed by atoms with E-state index in [4.69, 9.17) is 4.74 Å². The Labute approximate surface area is 425 Å². The monoisotopic (exact) mass is 1060 g/mol. The molecule has 3 fully saturated rings. The molecule has 388 valence electrons. The molecule has 74 heavy (non-hydrogen) atoms. The van der Waals surface area contributed by atoms with Gasteiger partial charge in [-0.05, 0) is 59.2 Å². The molecule has 4 aromatic rings. The van der Waals surface area contributed by atoms with Crippen LogP contribution in [0.3, 0.4) is 0 Å². The first-order valence-electron chi connectivity index (χ1n) is 23.4. The molecule has 3 saturated heterocycles. The smallest absolute Gasteiger partial charge is 0.370 e. The lowest BCUT2D eigenvalue weighted by Crippen LogP contribution is -2.66. The van der Waals surface area contributed by atoms with Gasteiger partial charge in [0.25, 0.3) is 17.7 Å². The summed E-state index contributed by atoms with van der Waals surface area (Å²) in [5, 5.41) is 7.56. The Morgan fingerprint density at radius 2 is 1.64 bits per heavy atom. The summed E-state index contributed by atoms with van der Waals surface area (Å²) in [6, 6.07) is 14.0. The average Bonchev–Trinajstić information content (AvgIpc) is 3.90. The van der Waals surface area contributed by atoms with Crippen LogP contribution in [-0.2, 0) is 43.7 Å². The molecule has 0 spiro atoms. The van der Waals surface area contributed by atoms with Crippen molar-refractivity contribution in [2.24, 2.45) is 5.41 Å². The van der Waals surface area contributed by atoms with Gasteiger partial charge in [-0.3, -0.25) is 57.9 Å². The number of fused-ring (bicyclic) bond motifs is 2. The second-order valence-corrected chi connectivity index (χ2v) is 21.9. The maximum Gasteiger partial charge on any atom is 0.399 e. The number of thiophene rings is 1. The fourth-order valence-corrected chi connectivity index (χ4v) is 10.5. The number of alkyl halides is 2. The summed E-state index contributed by atoms with van der Waals surface area (Å²) in [6.45, 7) is 4.70. The molecule has 2 unspecified atom stereocenters. The van der Waals surface area contributed by atoms with E-state index in [1.807, 2.05) is 30.3 Å². The van der Waals surface area contributed by atoms with Crippen molar-refractivity contribution in [2.75, 3.05) is 45.9 Å². The van der Waals surface area contributed by atoms with Gasteiger partial charge in [0.05, 0.1) is 42.2 Å². The molecule has 4 aliphatic heterocycles. The molecular weight excluding hydrogens is 1010 g/mol. The van der Waals surface area contributed by atoms with Crippen LogP contribution in [0.2, 0.25) is 0 Å². The number of piperidine rings is 1. The van der Waals surface area contributed by atoms with Crippen LogP contribution < -0.4 is 16.0 Å². The summed E-state index contributed by atoms with van der Waals surface area (Å²) in [4.78, 5) is 144. The fraction of sp³-hybridized carbons (Fsp3) is 0.380. The van der Waals surface area contributed by atoms with Crippen molar-refractivity contribution in [3.05, 3.63) is 105 Å². The van der Waals surface area contributed by atoms with Gasteiger partial charge in [0, 0.05) is 41.9 Å². The first-order valence-corrected chi connectivity index (χ1v) is 25.8. The van der Waals surface area contributed by atoms with Gasteiger partial charge in [-0.1, -0.05) is 69.0 Å². The van der Waals surface area contributed by atoms with Crippen LogP contribution in [0, 0.1) is 17.3 Å². The van der Waals surface area contributed by atoms with Crippen LogP contribution in [0.25, 0.3) is 10.1 Å². The Bertz CT molecular complexity index is 3110. The van der Waals surface area contributed by atoms with E-state index in [9.17, 15) is 66.3 Å². The lowest BCUT2D eigenvalue weighted by atomic mass is 9.85. The second kappa shape index (κ2) is 21.0. The zero-order valence-electron chi connectivity index (χ0n) is 40.1. The maximum atomic E-state index is 14.8. The number of amides is 9. The summed E-state index contributed by atoms with van der Waals surface area (Å²) in [5.41, 5.74) is -5.20. The molecule has 24 heteroatoms. The number of benzene rings is 3. The minimum absolute atomic E-state index is 0.00349. The number of morpholine rings is 1. The van der Waals surface area contributed by atoms with E-state index < -0.39 is 108 Å². The summed E-state index contributed by atoms with van der Waals surface area (Å²) in [5.74, 6) is -0.375. The molecule has 0 radical (unpaired) electrons. The van der Waals surface area contributed by atoms with Crippen LogP contribution in [0.4, 0.5) is 8.78 Å². The number of nitrogens with one attached hydrogen (secondary N) is 3. The highest BCUT2D eigenvalue weighted by Gasteiger charge is 2.51. The number of imide groups is 2. The van der Waals surface area contributed by atoms with Crippen molar-refractivity contribution in [3.63, 3.8) is 0 Å². The first kappa shape index (κ1) is 53.1. The Morgan fingerprint density at radius 1 is 0.905 bits per heavy atom. The molecule has 3 aromatic carbocycles. The number of ether oxygens (including phenoxy) is 1. The van der Waals surface area contributed by atoms with E-state index in [0.717, 1.165) is 33.9 Å². The number of carbonyl (C=O) groups excluding carboxylic acids is 9. The molecule has 0 aliphatic carbocycles. The van der Waals surface area contributed by atoms with Gasteiger partial charge < -0.3 is 39.9 Å². The van der Waals surface area contributed by atoms with E-state index in [2.05, 4.69) is 27.8 Å². The summed E-state index contributed by atoms with van der Waals surface area (Å²) < 4.78 is 47.1. The van der Waals surface area contributed by atoms with Gasteiger partial charge in [-0.2, -0.15) is 8.78 Å². The van der Waals surface area contributed by atoms with Crippen molar-refractivity contribution in [1.29, 1.82) is 0 Å². The second-order valence-electron chi connectivity index (χ2n) is 19.1. The first-order chi connectivity index (χ1) is 34.9. The highest BCUT2D eigenvalue weighted by molar-refractivity contribution is 7.52. The standard InChI is InChI=1S/C50H50F2N7O13PS/c1-49(2,3)42(55-44(64)38-24-30-23-31(12-15-37(30)74-38)50(51,52)73(69,70)71)48(68)58-19-18-56(26-35(58)47(67)57-20-21-72-36(27-57)29-9-5-4-6-10-29)41(62)25-40(61)53-17-7-8-28-11-13-32-33(22-28)46(66)59(45(32)65)34-14-16-39(60)54-43(34)63/h4-6,9-13,15,22-24,34-36,42H,14,16-21,25-27H2,1-3H3,(H,53,61)(H,55,64)(H,54,60,63)(H2,69,70,71)/t34?,35-,36-,42?/m0/s1. The van der Waals surface area contributed by atoms with Gasteiger partial charge in [0.1, 0.15) is 30.7 Å². The summed E-state index contributed by atoms with van der Waals surface area (Å²) in [7, 11) is -5.88. The lowest BCUT2D eigenvalue weighted by molar-refractivity contribution is -0.158. The highest BCUT2D eigenvalue weighted by Crippen LogP contribution is 2.59. The largest absolute Gasteiger partial charge is 0.399 e. The molecule has 1 aromatic heterocycles. The fourth-order valence-electron chi connectivity index (χ4n) is 9.09. The van der Waals surface area contributed by atoms with Crippen LogP contribution in [0.1, 0.15) is 93.2 Å². The number of carbonyl (C=O) groups is 9. The van der Waals surface area contributed by atoms with Crippen molar-refractivity contribution >= 4 is 82.2 Å². The number of hydrogen-bond donors (Lipinski definition) is 5. The van der Waals surface area contributed by atoms with Gasteiger partial charge in [-0.15, -0.1) is 11.3 Å². The van der Waals surface area contributed by atoms with Crippen LogP contribution >= 0.6 is 18.9 Å². The predicted octanol–water partition coefficient (Wildman–Crippen LogP) is 2.87. The number of halogens is 2. The Morgan fingerprint density at radius 3 is 2.34 bits per heavy atom. The molecule has 8 rings (SSSR count). The van der Waals surface area contributed by atoms with E-state index in [0.29, 0.717) is 10.3 Å². The third kappa shape index (κ3) is 11.0. The van der Waals surface area contributed by atoms with Crippen molar-refractivity contribution in [3.8, 4) is 11.8 Å². The molecule has 0 bridgehead atoms. The van der Waals surface area contributed by atoms with E-state index in [1.165, 1.54) is 40.1 Å². The van der Waals surface area contributed by atoms with Crippen molar-refractivity contribution < 1.29 is 71.0 Å². The zero-order valence-corrected chi connectivity index (χ0v) is 41.8. The van der Waals surface area contributed by atoms with Crippen LogP contribution in [0.5, 0.6) is 0 Å². The molecule has 5 N–H and O–H groups in total. The molecule has 20 nitrogen and oxygen atoms in total. The number of rotatable bonds is 11. The van der Waals surface area contributed by atoms with Crippen LogP contribution in [-0.4, -0.2) is 147 Å². The Hall–Kier alpha value is -7.22. The van der Waals surface area contributed by atoms with Crippen molar-refractivity contribution in [1.82, 2.24) is 35.6 Å². The van der Waals surface area contributed by atoms with Crippen LogP contribution in [0.15, 0.2) is 72.8 Å². The zero-order chi connectivity index (χ0) is 53.4. The normalized spacial score (nSPS) is 19.9. The Balaban J connectivity index is 0.950.